The molecule has 0 bridgehead atoms. The van der Waals surface area contributed by atoms with Crippen LogP contribution in [0, 0.1) is 12.8 Å². The predicted octanol–water partition coefficient (Wildman–Crippen LogP) is 4.30. The van der Waals surface area contributed by atoms with Crippen LogP contribution in [0.15, 0.2) is 47.5 Å². The third-order valence-electron chi connectivity index (χ3n) is 5.11. The minimum Gasteiger partial charge on any atom is -0.478 e. The Bertz CT molecular complexity index is 910. The first-order valence-electron chi connectivity index (χ1n) is 9.33. The maximum Gasteiger partial charge on any atom is 0.335 e. The van der Waals surface area contributed by atoms with E-state index in [0.717, 1.165) is 25.4 Å². The number of para-hydroxylation sites is 1. The minimum atomic E-state index is -1.11. The Hall–Kier alpha value is -2.86. The molecule has 0 fully saturated rings. The summed E-state index contributed by atoms with van der Waals surface area (Å²) < 4.78 is 0. The zero-order chi connectivity index (χ0) is 20.3. The number of hydrogen-bond donors (Lipinski definition) is 2. The van der Waals surface area contributed by atoms with Gasteiger partial charge in [-0.25, -0.2) is 9.59 Å². The Morgan fingerprint density at radius 1 is 1.03 bits per heavy atom. The smallest absolute Gasteiger partial charge is 0.335 e. The van der Waals surface area contributed by atoms with Crippen molar-refractivity contribution < 1.29 is 19.8 Å². The number of anilines is 1. The van der Waals surface area contributed by atoms with Crippen molar-refractivity contribution in [2.45, 2.75) is 26.7 Å². The summed E-state index contributed by atoms with van der Waals surface area (Å²) in [5.41, 5.74) is 3.19. The summed E-state index contributed by atoms with van der Waals surface area (Å²) in [6.07, 6.45) is 2.32. The van der Waals surface area contributed by atoms with Crippen LogP contribution < -0.4 is 4.90 Å². The maximum atomic E-state index is 10.6. The number of nitrogens with zero attached hydrogens (tertiary/aromatic N) is 2. The molecule has 2 aliphatic rings. The fourth-order valence-corrected chi connectivity index (χ4v) is 3.60. The van der Waals surface area contributed by atoms with Gasteiger partial charge in [-0.2, -0.15) is 0 Å². The number of hydrogen-bond acceptors (Lipinski definition) is 4. The topological polar surface area (TPSA) is 90.2 Å². The molecule has 2 aliphatic heterocycles. The number of benzene rings is 2. The van der Waals surface area contributed by atoms with Crippen molar-refractivity contribution in [1.29, 1.82) is 0 Å². The predicted molar refractivity (Wildman–Crippen MR) is 116 cm³/mol. The molecule has 0 spiro atoms. The molecule has 29 heavy (non-hydrogen) atoms. The van der Waals surface area contributed by atoms with Gasteiger partial charge in [0, 0.05) is 25.2 Å². The van der Waals surface area contributed by atoms with Crippen LogP contribution in [-0.2, 0) is 6.42 Å². The standard InChI is InChI=1S/C13H16N2.C9H8O4.ClH/c1-10-8-13(14-9-10)15-7-6-11-4-2-3-5-12(11)15;1-5-6(8(10)11)3-2-4-7(5)9(12)13;/h2-5,10H,6-9H2,1H3;2-4H,1H3,(H,10,11)(H,12,13);1H. The van der Waals surface area contributed by atoms with Crippen molar-refractivity contribution in [3.8, 4) is 0 Å². The summed E-state index contributed by atoms with van der Waals surface area (Å²) in [5, 5.41) is 17.4. The summed E-state index contributed by atoms with van der Waals surface area (Å²) in [5.74, 6) is -0.193. The third-order valence-corrected chi connectivity index (χ3v) is 5.11. The number of carboxylic acids is 2. The Kier molecular flexibility index (Phi) is 7.40. The highest BCUT2D eigenvalue weighted by Crippen LogP contribution is 2.30. The van der Waals surface area contributed by atoms with Crippen molar-refractivity contribution >= 4 is 35.9 Å². The van der Waals surface area contributed by atoms with E-state index in [1.807, 2.05) is 0 Å². The Balaban J connectivity index is 0.000000203. The van der Waals surface area contributed by atoms with Gasteiger partial charge in [0.2, 0.25) is 0 Å². The lowest BCUT2D eigenvalue weighted by Crippen LogP contribution is -2.27. The van der Waals surface area contributed by atoms with Crippen LogP contribution in [0.2, 0.25) is 0 Å². The van der Waals surface area contributed by atoms with Crippen LogP contribution in [0.25, 0.3) is 0 Å². The lowest BCUT2D eigenvalue weighted by atomic mass is 10.0. The van der Waals surface area contributed by atoms with Crippen LogP contribution >= 0.6 is 12.4 Å². The van der Waals surface area contributed by atoms with Crippen LogP contribution in [-0.4, -0.2) is 41.1 Å². The van der Waals surface area contributed by atoms with E-state index < -0.39 is 11.9 Å². The third kappa shape index (κ3) is 4.95. The maximum absolute atomic E-state index is 10.6. The Labute approximate surface area is 176 Å². The van der Waals surface area contributed by atoms with E-state index in [9.17, 15) is 9.59 Å². The highest BCUT2D eigenvalue weighted by Gasteiger charge is 2.26. The van der Waals surface area contributed by atoms with Crippen molar-refractivity contribution in [3.05, 3.63) is 64.7 Å². The molecule has 0 aliphatic carbocycles. The van der Waals surface area contributed by atoms with Crippen molar-refractivity contribution in [2.75, 3.05) is 18.0 Å². The largest absolute Gasteiger partial charge is 0.478 e. The van der Waals surface area contributed by atoms with Gasteiger partial charge in [-0.15, -0.1) is 12.4 Å². The second-order valence-corrected chi connectivity index (χ2v) is 7.19. The lowest BCUT2D eigenvalue weighted by molar-refractivity contribution is 0.0696. The van der Waals surface area contributed by atoms with Gasteiger partial charge in [-0.05, 0) is 48.6 Å². The molecule has 1 atom stereocenters. The van der Waals surface area contributed by atoms with Crippen molar-refractivity contribution in [2.24, 2.45) is 10.9 Å². The van der Waals surface area contributed by atoms with Gasteiger partial charge >= 0.3 is 11.9 Å². The second kappa shape index (κ2) is 9.56. The molecule has 0 saturated carbocycles. The molecule has 2 aromatic carbocycles. The van der Waals surface area contributed by atoms with Gasteiger partial charge in [-0.1, -0.05) is 31.2 Å². The van der Waals surface area contributed by atoms with Crippen LogP contribution in [0.4, 0.5) is 5.69 Å². The molecular weight excluding hydrogens is 392 g/mol. The average molecular weight is 417 g/mol. The molecule has 6 nitrogen and oxygen atoms in total. The van der Waals surface area contributed by atoms with E-state index in [2.05, 4.69) is 41.1 Å². The first-order chi connectivity index (χ1) is 13.4. The van der Waals surface area contributed by atoms with Gasteiger partial charge < -0.3 is 15.1 Å². The normalized spacial score (nSPS) is 16.8. The van der Waals surface area contributed by atoms with Crippen LogP contribution in [0.1, 0.15) is 45.2 Å². The number of aromatic carboxylic acids is 2. The molecule has 0 amide bonds. The first kappa shape index (κ1) is 22.4. The summed E-state index contributed by atoms with van der Waals surface area (Å²) >= 11 is 0. The average Bonchev–Trinajstić information content (AvgIpc) is 3.28. The van der Waals surface area contributed by atoms with E-state index in [4.69, 9.17) is 10.2 Å². The number of aliphatic imine (C=N–C) groups is 1. The number of rotatable bonds is 2. The van der Waals surface area contributed by atoms with E-state index in [0.29, 0.717) is 0 Å². The van der Waals surface area contributed by atoms with E-state index in [-0.39, 0.29) is 29.1 Å². The molecule has 2 aromatic rings. The molecule has 4 rings (SSSR count). The Morgan fingerprint density at radius 3 is 2.21 bits per heavy atom. The van der Waals surface area contributed by atoms with Gasteiger partial charge in [0.1, 0.15) is 5.84 Å². The zero-order valence-corrected chi connectivity index (χ0v) is 17.3. The van der Waals surface area contributed by atoms with Crippen molar-refractivity contribution in [3.63, 3.8) is 0 Å². The number of fused-ring (bicyclic) bond motifs is 1. The number of halogens is 1. The molecular formula is C22H25ClN2O4. The summed E-state index contributed by atoms with van der Waals surface area (Å²) in [6, 6.07) is 12.9. The SMILES string of the molecule is CC1CN=C(N2CCc3ccccc32)C1.Cc1c(C(=O)O)cccc1C(=O)O.Cl. The fourth-order valence-electron chi connectivity index (χ4n) is 3.60. The summed E-state index contributed by atoms with van der Waals surface area (Å²) in [4.78, 5) is 28.2. The molecule has 0 saturated heterocycles. The number of carbonyl (C=O) groups is 2. The monoisotopic (exact) mass is 416 g/mol. The molecule has 1 unspecified atom stereocenters. The van der Waals surface area contributed by atoms with Gasteiger partial charge in [-0.3, -0.25) is 4.99 Å². The molecule has 0 aromatic heterocycles. The van der Waals surface area contributed by atoms with Crippen molar-refractivity contribution in [1.82, 2.24) is 0 Å². The molecule has 2 N–H and O–H groups in total. The lowest BCUT2D eigenvalue weighted by Gasteiger charge is -2.19. The summed E-state index contributed by atoms with van der Waals surface area (Å²) in [6.45, 7) is 5.88. The number of amidine groups is 1. The molecule has 154 valence electrons. The zero-order valence-electron chi connectivity index (χ0n) is 16.5. The molecule has 0 radical (unpaired) electrons. The quantitative estimate of drug-likeness (QED) is 0.761. The van der Waals surface area contributed by atoms with Crippen LogP contribution in [0.5, 0.6) is 0 Å². The minimum absolute atomic E-state index is 0. The number of carboxylic acid groups (broad SMARTS) is 2. The molecule has 2 heterocycles. The van der Waals surface area contributed by atoms with E-state index in [1.54, 1.807) is 0 Å². The highest BCUT2D eigenvalue weighted by molar-refractivity contribution is 6.00. The van der Waals surface area contributed by atoms with Gasteiger partial charge in [0.05, 0.1) is 11.1 Å². The van der Waals surface area contributed by atoms with E-state index in [1.165, 1.54) is 48.6 Å². The van der Waals surface area contributed by atoms with Gasteiger partial charge in [0.25, 0.3) is 0 Å². The van der Waals surface area contributed by atoms with Gasteiger partial charge in [0.15, 0.2) is 0 Å². The second-order valence-electron chi connectivity index (χ2n) is 7.19. The first-order valence-corrected chi connectivity index (χ1v) is 9.33. The van der Waals surface area contributed by atoms with E-state index >= 15 is 0 Å². The van der Waals surface area contributed by atoms with Crippen LogP contribution in [0.3, 0.4) is 0 Å². The highest BCUT2D eigenvalue weighted by atomic mass is 35.5. The Morgan fingerprint density at radius 2 is 1.66 bits per heavy atom. The fraction of sp³-hybridized carbons (Fsp3) is 0.318. The molecule has 7 heteroatoms. The summed E-state index contributed by atoms with van der Waals surface area (Å²) in [7, 11) is 0.